The van der Waals surface area contributed by atoms with Crippen LogP contribution >= 0.6 is 11.6 Å². The lowest BCUT2D eigenvalue weighted by Gasteiger charge is -2.23. The first kappa shape index (κ1) is 18.9. The molecule has 0 bridgehead atoms. The number of rotatable bonds is 1. The molecule has 29 heavy (non-hydrogen) atoms. The first-order valence-electron chi connectivity index (χ1n) is 8.86. The van der Waals surface area contributed by atoms with E-state index in [9.17, 15) is 14.0 Å². The Bertz CT molecular complexity index is 1190. The first-order chi connectivity index (χ1) is 14.0. The molecule has 6 heteroatoms. The maximum Gasteiger partial charge on any atom is 0.506 e. The zero-order valence-corrected chi connectivity index (χ0v) is 16.2. The summed E-state index contributed by atoms with van der Waals surface area (Å²) < 4.78 is 15.0. The van der Waals surface area contributed by atoms with Gasteiger partial charge >= 0.3 is 11.9 Å². The summed E-state index contributed by atoms with van der Waals surface area (Å²) in [5.74, 6) is 5.42. The molecule has 1 heterocycles. The Morgan fingerprint density at radius 1 is 1.07 bits per heavy atom. The summed E-state index contributed by atoms with van der Waals surface area (Å²) in [6.45, 7) is 0. The average Bonchev–Trinajstić information content (AvgIpc) is 2.73. The molecule has 1 aliphatic carbocycles. The van der Waals surface area contributed by atoms with Crippen LogP contribution in [-0.2, 0) is 4.79 Å². The van der Waals surface area contributed by atoms with Crippen LogP contribution in [0.25, 0.3) is 0 Å². The second-order valence-electron chi connectivity index (χ2n) is 6.53. The average molecular weight is 406 g/mol. The Morgan fingerprint density at radius 3 is 2.52 bits per heavy atom. The number of fused-ring (bicyclic) bond motifs is 1. The molecule has 4 nitrogen and oxygen atoms in total. The Kier molecular flexibility index (Phi) is 4.87. The molecule has 4 rings (SSSR count). The molecule has 2 aromatic carbocycles. The summed E-state index contributed by atoms with van der Waals surface area (Å²) in [5, 5.41) is 0.201. The van der Waals surface area contributed by atoms with Crippen LogP contribution in [0.1, 0.15) is 11.1 Å². The van der Waals surface area contributed by atoms with E-state index in [-0.39, 0.29) is 16.3 Å². The normalized spacial score (nSPS) is 18.2. The van der Waals surface area contributed by atoms with Crippen molar-refractivity contribution in [3.63, 3.8) is 0 Å². The number of allylic oxidation sites excluding steroid dienone is 3. The van der Waals surface area contributed by atoms with Gasteiger partial charge in [-0.15, -0.1) is 4.90 Å². The minimum atomic E-state index is -1.38. The molecule has 1 unspecified atom stereocenters. The van der Waals surface area contributed by atoms with Crippen molar-refractivity contribution in [2.75, 3.05) is 11.9 Å². The zero-order valence-electron chi connectivity index (χ0n) is 15.4. The van der Waals surface area contributed by atoms with E-state index in [2.05, 4.69) is 11.8 Å². The molecule has 1 atom stereocenters. The lowest BCUT2D eigenvalue weighted by Crippen LogP contribution is -2.50. The summed E-state index contributed by atoms with van der Waals surface area (Å²) in [4.78, 5) is 26.7. The van der Waals surface area contributed by atoms with Crippen LogP contribution in [0.4, 0.5) is 14.9 Å². The van der Waals surface area contributed by atoms with Crippen molar-refractivity contribution in [3.05, 3.63) is 88.5 Å². The van der Waals surface area contributed by atoms with Crippen molar-refractivity contribution < 1.29 is 18.6 Å². The molecule has 0 saturated carbocycles. The zero-order chi connectivity index (χ0) is 20.5. The van der Waals surface area contributed by atoms with Gasteiger partial charge in [-0.2, -0.15) is 9.37 Å². The Hall–Kier alpha value is -3.49. The van der Waals surface area contributed by atoms with E-state index in [1.165, 1.54) is 29.9 Å². The van der Waals surface area contributed by atoms with Gasteiger partial charge in [-0.25, -0.2) is 9.18 Å². The van der Waals surface area contributed by atoms with Crippen LogP contribution in [0, 0.1) is 11.8 Å². The second-order valence-corrected chi connectivity index (χ2v) is 6.94. The Morgan fingerprint density at radius 2 is 1.79 bits per heavy atom. The maximum atomic E-state index is 13.7. The number of carbonyl (C=O) groups excluding carboxylic acids is 2. The van der Waals surface area contributed by atoms with Crippen LogP contribution in [0.2, 0.25) is 5.02 Å². The molecule has 0 radical (unpaired) electrons. The van der Waals surface area contributed by atoms with Crippen molar-refractivity contribution in [2.24, 2.45) is 0 Å². The molecule has 3 amide bonds. The Labute approximate surface area is 172 Å². The van der Waals surface area contributed by atoms with Gasteiger partial charge in [0.1, 0.15) is 17.5 Å². The van der Waals surface area contributed by atoms with Gasteiger partial charge in [0.2, 0.25) is 0 Å². The van der Waals surface area contributed by atoms with E-state index < -0.39 is 18.1 Å². The highest BCUT2D eigenvalue weighted by atomic mass is 35.5. The number of amides is 3. The van der Waals surface area contributed by atoms with Gasteiger partial charge in [0.05, 0.1) is 12.1 Å². The van der Waals surface area contributed by atoms with Crippen LogP contribution in [0.3, 0.4) is 0 Å². The minimum Gasteiger partial charge on any atom is -0.240 e. The maximum absolute atomic E-state index is 13.7. The molecule has 0 N–H and O–H groups in total. The second kappa shape index (κ2) is 7.50. The molecule has 0 saturated heterocycles. The number of alkyl halides is 1. The quantitative estimate of drug-likeness (QED) is 0.529. The van der Waals surface area contributed by atoms with Crippen molar-refractivity contribution >= 4 is 34.9 Å². The molecule has 0 spiro atoms. The lowest BCUT2D eigenvalue weighted by atomic mass is 9.99. The summed E-state index contributed by atoms with van der Waals surface area (Å²) in [6.07, 6.45) is 2.55. The standard InChI is InChI=1S/C23H15ClFN2O2/c1-26-20-12-10-17(25)14-18(20)22(28)27(23(26)29)21-11-9-16(13-19(21)24)8-7-15-5-3-2-4-6-15/h2-6,9-14,17H,1H3/q+1. The third kappa shape index (κ3) is 3.51. The summed E-state index contributed by atoms with van der Waals surface area (Å²) in [5.41, 5.74) is 2.22. The molecular formula is C23H15ClFN2O2+. The number of halogens is 2. The van der Waals surface area contributed by atoms with E-state index in [0.29, 0.717) is 11.3 Å². The van der Waals surface area contributed by atoms with Gasteiger partial charge in [-0.3, -0.25) is 0 Å². The lowest BCUT2D eigenvalue weighted by molar-refractivity contribution is -0.390. The third-order valence-electron chi connectivity index (χ3n) is 4.63. The number of carbonyl (C=O) groups is 2. The number of nitrogens with zero attached hydrogens (tertiary/aromatic N) is 2. The van der Waals surface area contributed by atoms with Crippen molar-refractivity contribution in [3.8, 4) is 11.8 Å². The highest BCUT2D eigenvalue weighted by Gasteiger charge is 2.45. The van der Waals surface area contributed by atoms with Gasteiger partial charge in [-0.1, -0.05) is 41.6 Å². The van der Waals surface area contributed by atoms with Crippen molar-refractivity contribution in [1.82, 2.24) is 0 Å². The number of imide groups is 1. The van der Waals surface area contributed by atoms with Crippen LogP contribution < -0.4 is 4.90 Å². The van der Waals surface area contributed by atoms with Gasteiger partial charge in [0.15, 0.2) is 5.69 Å². The number of benzene rings is 2. The van der Waals surface area contributed by atoms with E-state index in [0.717, 1.165) is 10.5 Å². The topological polar surface area (TPSA) is 40.4 Å². The largest absolute Gasteiger partial charge is 0.506 e. The van der Waals surface area contributed by atoms with E-state index in [1.807, 2.05) is 30.3 Å². The molecule has 1 aliphatic heterocycles. The van der Waals surface area contributed by atoms with E-state index >= 15 is 0 Å². The van der Waals surface area contributed by atoms with Gasteiger partial charge in [0, 0.05) is 11.1 Å². The third-order valence-corrected chi connectivity index (χ3v) is 4.93. The molecule has 2 aromatic rings. The smallest absolute Gasteiger partial charge is 0.240 e. The number of urea groups is 1. The summed E-state index contributed by atoms with van der Waals surface area (Å²) >= 11 is 6.38. The van der Waals surface area contributed by atoms with Gasteiger partial charge in [0.25, 0.3) is 0 Å². The monoisotopic (exact) mass is 405 g/mol. The molecule has 2 aliphatic rings. The fourth-order valence-corrected chi connectivity index (χ4v) is 3.42. The predicted octanol–water partition coefficient (Wildman–Crippen LogP) is 4.12. The number of anilines is 1. The highest BCUT2D eigenvalue weighted by Crippen LogP contribution is 2.31. The van der Waals surface area contributed by atoms with Crippen molar-refractivity contribution in [2.45, 2.75) is 6.17 Å². The van der Waals surface area contributed by atoms with Crippen molar-refractivity contribution in [1.29, 1.82) is 0 Å². The van der Waals surface area contributed by atoms with E-state index in [4.69, 9.17) is 11.6 Å². The molecule has 142 valence electrons. The summed E-state index contributed by atoms with van der Waals surface area (Å²) in [7, 11) is 1.53. The fourth-order valence-electron chi connectivity index (χ4n) is 3.15. The Balaban J connectivity index is 1.70. The van der Waals surface area contributed by atoms with Crippen LogP contribution in [0.15, 0.2) is 72.3 Å². The fraction of sp³-hybridized carbons (Fsp3) is 0.0870. The number of hydrogen-bond donors (Lipinski definition) is 0. The van der Waals surface area contributed by atoms with Crippen LogP contribution in [-0.4, -0.2) is 35.4 Å². The van der Waals surface area contributed by atoms with E-state index in [1.54, 1.807) is 18.2 Å². The highest BCUT2D eigenvalue weighted by molar-refractivity contribution is 6.40. The SMILES string of the molecule is C[N+]1=C2C=CC(F)C=C2C(=O)N(c2ccc(C#Cc3ccccc3)cc2Cl)C1=O. The predicted molar refractivity (Wildman–Crippen MR) is 110 cm³/mol. The molecular weight excluding hydrogens is 391 g/mol. The molecule has 0 fully saturated rings. The van der Waals surface area contributed by atoms with Gasteiger partial charge in [-0.05, 0) is 48.6 Å². The summed E-state index contributed by atoms with van der Waals surface area (Å²) in [6, 6.07) is 13.8. The minimum absolute atomic E-state index is 0.131. The van der Waals surface area contributed by atoms with Gasteiger partial charge < -0.3 is 0 Å². The first-order valence-corrected chi connectivity index (χ1v) is 9.23. The van der Waals surface area contributed by atoms with Crippen LogP contribution in [0.5, 0.6) is 0 Å². The molecule has 0 aromatic heterocycles. The number of hydrogen-bond acceptors (Lipinski definition) is 2.